The van der Waals surface area contributed by atoms with Gasteiger partial charge in [0.05, 0.1) is 22.2 Å². The van der Waals surface area contributed by atoms with Gasteiger partial charge in [0.2, 0.25) is 0 Å². The van der Waals surface area contributed by atoms with Crippen LogP contribution in [0.5, 0.6) is 0 Å². The number of halogens is 3. The van der Waals surface area contributed by atoms with Crippen LogP contribution in [-0.2, 0) is 18.5 Å². The van der Waals surface area contributed by atoms with Crippen LogP contribution in [0, 0.1) is 0 Å². The van der Waals surface area contributed by atoms with Gasteiger partial charge in [-0.05, 0) is 19.1 Å². The molecule has 0 bridgehead atoms. The van der Waals surface area contributed by atoms with Crippen LogP contribution in [0.1, 0.15) is 17.3 Å². The molecule has 112 valence electrons. The highest BCUT2D eigenvalue weighted by Gasteiger charge is 2.24. The molecule has 0 spiro atoms. The number of rotatable bonds is 6. The molecule has 20 heavy (non-hydrogen) atoms. The fraction of sp³-hybridized carbons (Fsp3) is 0.364. The quantitative estimate of drug-likeness (QED) is 0.442. The largest absolute Gasteiger partial charge is 0.460 e. The summed E-state index contributed by atoms with van der Waals surface area (Å²) in [7, 11) is 1.12. The van der Waals surface area contributed by atoms with E-state index in [1.807, 2.05) is 0 Å². The molecule has 0 aliphatic rings. The van der Waals surface area contributed by atoms with Crippen molar-refractivity contribution >= 4 is 48.9 Å². The lowest BCUT2D eigenvalue weighted by atomic mass is 10.2. The van der Waals surface area contributed by atoms with Crippen molar-refractivity contribution in [1.29, 1.82) is 0 Å². The van der Waals surface area contributed by atoms with Gasteiger partial charge in [0, 0.05) is 17.3 Å². The van der Waals surface area contributed by atoms with Crippen LogP contribution in [-0.4, -0.2) is 34.2 Å². The lowest BCUT2D eigenvalue weighted by Crippen LogP contribution is -2.12. The Kier molecular flexibility index (Phi) is 6.54. The third kappa shape index (κ3) is 4.49. The highest BCUT2D eigenvalue weighted by molar-refractivity contribution is 8.13. The van der Waals surface area contributed by atoms with E-state index in [0.29, 0.717) is 6.61 Å². The van der Waals surface area contributed by atoms with Crippen molar-refractivity contribution in [3.63, 3.8) is 0 Å². The van der Waals surface area contributed by atoms with Crippen molar-refractivity contribution < 1.29 is 22.7 Å². The maximum absolute atomic E-state index is 11.8. The van der Waals surface area contributed by atoms with Gasteiger partial charge in [0.1, 0.15) is 11.5 Å². The number of carbonyl (C=O) groups is 1. The van der Waals surface area contributed by atoms with Gasteiger partial charge >= 0.3 is 5.97 Å². The molecule has 0 radical (unpaired) electrons. The van der Waals surface area contributed by atoms with E-state index in [4.69, 9.17) is 43.4 Å². The number of esters is 1. The normalized spacial score (nSPS) is 11.4. The van der Waals surface area contributed by atoms with Gasteiger partial charge in [-0.3, -0.25) is 0 Å². The van der Waals surface area contributed by atoms with Gasteiger partial charge in [0.15, 0.2) is 0 Å². The summed E-state index contributed by atoms with van der Waals surface area (Å²) in [6.07, 6.45) is 0. The number of hydrogen-bond donors (Lipinski definition) is 0. The van der Waals surface area contributed by atoms with Crippen LogP contribution in [0.15, 0.2) is 17.0 Å². The number of carbonyl (C=O) groups excluding carboxylic acids is 1. The van der Waals surface area contributed by atoms with Crippen LogP contribution in [0.2, 0.25) is 10.0 Å². The molecule has 0 atom stereocenters. The first kappa shape index (κ1) is 17.5. The van der Waals surface area contributed by atoms with Gasteiger partial charge in [-0.25, -0.2) is 13.2 Å². The van der Waals surface area contributed by atoms with Crippen molar-refractivity contribution in [2.45, 2.75) is 11.8 Å². The van der Waals surface area contributed by atoms with Crippen LogP contribution in [0.25, 0.3) is 0 Å². The average molecular weight is 362 g/mol. The second kappa shape index (κ2) is 7.47. The van der Waals surface area contributed by atoms with Gasteiger partial charge in [-0.2, -0.15) is 0 Å². The second-order valence-electron chi connectivity index (χ2n) is 3.51. The molecule has 5 nitrogen and oxygen atoms in total. The van der Waals surface area contributed by atoms with Crippen LogP contribution >= 0.6 is 33.9 Å². The molecule has 0 aromatic heterocycles. The Morgan fingerprint density at radius 3 is 2.45 bits per heavy atom. The third-order valence-electron chi connectivity index (χ3n) is 2.19. The Labute approximate surface area is 131 Å². The molecule has 0 heterocycles. The predicted octanol–water partition coefficient (Wildman–Crippen LogP) is 3.11. The van der Waals surface area contributed by atoms with E-state index in [-0.39, 0.29) is 28.8 Å². The Morgan fingerprint density at radius 1 is 1.25 bits per heavy atom. The smallest absolute Gasteiger partial charge is 0.341 e. The van der Waals surface area contributed by atoms with Crippen LogP contribution < -0.4 is 0 Å². The summed E-state index contributed by atoms with van der Waals surface area (Å²) in [4.78, 5) is 11.4. The summed E-state index contributed by atoms with van der Waals surface area (Å²) in [6, 6.07) is 2.33. The van der Waals surface area contributed by atoms with Crippen molar-refractivity contribution in [2.75, 3.05) is 19.8 Å². The van der Waals surface area contributed by atoms with Crippen molar-refractivity contribution in [2.24, 2.45) is 0 Å². The molecule has 0 aliphatic carbocycles. The number of ether oxygens (including phenoxy) is 2. The molecule has 0 amide bonds. The maximum atomic E-state index is 11.8. The highest BCUT2D eigenvalue weighted by atomic mass is 35.7. The molecule has 1 rings (SSSR count). The van der Waals surface area contributed by atoms with Gasteiger partial charge < -0.3 is 9.47 Å². The molecule has 0 saturated heterocycles. The molecule has 1 aromatic rings. The van der Waals surface area contributed by atoms with Gasteiger partial charge in [0.25, 0.3) is 9.05 Å². The summed E-state index contributed by atoms with van der Waals surface area (Å²) in [5.41, 5.74) is -0.244. The highest BCUT2D eigenvalue weighted by Crippen LogP contribution is 2.33. The summed E-state index contributed by atoms with van der Waals surface area (Å²) in [6.45, 7) is 2.49. The van der Waals surface area contributed by atoms with E-state index < -0.39 is 19.9 Å². The fourth-order valence-corrected chi connectivity index (χ4v) is 3.20. The minimum absolute atomic E-state index is 0.00279. The van der Waals surface area contributed by atoms with Crippen molar-refractivity contribution in [3.8, 4) is 0 Å². The van der Waals surface area contributed by atoms with Gasteiger partial charge in [-0.15, -0.1) is 0 Å². The standard InChI is InChI=1S/C11H11Cl3O5S/c1-2-18-5-6-19-11(15)9-7(12)3-4-8(10(9)13)20(14,16)17/h3-4H,2,5-6H2,1H3. The lowest BCUT2D eigenvalue weighted by Gasteiger charge is -2.10. The molecule has 1 aromatic carbocycles. The maximum Gasteiger partial charge on any atom is 0.341 e. The molecular weight excluding hydrogens is 351 g/mol. The minimum atomic E-state index is -4.09. The zero-order valence-electron chi connectivity index (χ0n) is 10.4. The first-order valence-electron chi connectivity index (χ1n) is 5.46. The summed E-state index contributed by atoms with van der Waals surface area (Å²) >= 11 is 11.7. The van der Waals surface area contributed by atoms with E-state index >= 15 is 0 Å². The van der Waals surface area contributed by atoms with Crippen molar-refractivity contribution in [1.82, 2.24) is 0 Å². The minimum Gasteiger partial charge on any atom is -0.460 e. The molecule has 0 fully saturated rings. The van der Waals surface area contributed by atoms with E-state index in [1.165, 1.54) is 6.07 Å². The fourth-order valence-electron chi connectivity index (χ4n) is 1.32. The number of benzene rings is 1. The number of hydrogen-bond acceptors (Lipinski definition) is 5. The topological polar surface area (TPSA) is 69.7 Å². The first-order valence-corrected chi connectivity index (χ1v) is 8.53. The Balaban J connectivity index is 3.03. The third-order valence-corrected chi connectivity index (χ3v) is 4.37. The van der Waals surface area contributed by atoms with Crippen molar-refractivity contribution in [3.05, 3.63) is 27.7 Å². The Morgan fingerprint density at radius 2 is 1.90 bits per heavy atom. The van der Waals surface area contributed by atoms with E-state index in [0.717, 1.165) is 6.07 Å². The summed E-state index contributed by atoms with van der Waals surface area (Å²) in [5, 5.41) is -0.394. The predicted molar refractivity (Wildman–Crippen MR) is 76.3 cm³/mol. The van der Waals surface area contributed by atoms with E-state index in [1.54, 1.807) is 6.92 Å². The average Bonchev–Trinajstić information content (AvgIpc) is 2.33. The lowest BCUT2D eigenvalue weighted by molar-refractivity contribution is 0.0335. The van der Waals surface area contributed by atoms with E-state index in [9.17, 15) is 13.2 Å². The van der Waals surface area contributed by atoms with E-state index in [2.05, 4.69) is 0 Å². The van der Waals surface area contributed by atoms with Crippen LogP contribution in [0.3, 0.4) is 0 Å². The molecule has 0 aliphatic heterocycles. The first-order chi connectivity index (χ1) is 9.29. The Hall–Kier alpha value is -0.530. The molecule has 0 saturated carbocycles. The van der Waals surface area contributed by atoms with Gasteiger partial charge in [-0.1, -0.05) is 23.2 Å². The molecule has 0 N–H and O–H groups in total. The molecular formula is C11H11Cl3O5S. The molecule has 9 heteroatoms. The zero-order chi connectivity index (χ0) is 15.3. The molecule has 0 unspecified atom stereocenters. The van der Waals surface area contributed by atoms with Crippen LogP contribution in [0.4, 0.5) is 0 Å². The second-order valence-corrected chi connectivity index (χ2v) is 6.82. The SMILES string of the molecule is CCOCCOC(=O)c1c(Cl)ccc(S(=O)(=O)Cl)c1Cl. The zero-order valence-corrected chi connectivity index (χ0v) is 13.4. The monoisotopic (exact) mass is 360 g/mol. The summed E-state index contributed by atoms with van der Waals surface area (Å²) < 4.78 is 32.5. The Bertz CT molecular complexity index is 600. The summed E-state index contributed by atoms with van der Waals surface area (Å²) in [5.74, 6) is -0.845.